The summed E-state index contributed by atoms with van der Waals surface area (Å²) in [7, 11) is 1.82. The van der Waals surface area contributed by atoms with Crippen LogP contribution in [0.4, 0.5) is 5.69 Å². The summed E-state index contributed by atoms with van der Waals surface area (Å²) in [6, 6.07) is 4.69. The van der Waals surface area contributed by atoms with Crippen molar-refractivity contribution in [3.8, 4) is 5.75 Å². The van der Waals surface area contributed by atoms with Crippen molar-refractivity contribution in [1.82, 2.24) is 9.78 Å². The third kappa shape index (κ3) is 2.76. The number of hydrogen-bond acceptors (Lipinski definition) is 3. The number of nitrogens with one attached hydrogen (secondary N) is 1. The van der Waals surface area contributed by atoms with E-state index < -0.39 is 0 Å². The highest BCUT2D eigenvalue weighted by Crippen LogP contribution is 2.19. The molecule has 0 fully saturated rings. The number of nitrogens with zero attached hydrogens (tertiary/aromatic N) is 2. The summed E-state index contributed by atoms with van der Waals surface area (Å²) in [5, 5.41) is 16.5. The first-order chi connectivity index (χ1) is 9.01. The van der Waals surface area contributed by atoms with Crippen LogP contribution in [0, 0.1) is 6.92 Å². The molecule has 0 spiro atoms. The maximum Gasteiger partial charge on any atom is 0.256 e. The Morgan fingerprint density at radius 1 is 1.47 bits per heavy atom. The minimum absolute atomic E-state index is 0.157. The topological polar surface area (TPSA) is 67.2 Å². The molecule has 0 atom stereocenters. The van der Waals surface area contributed by atoms with E-state index in [2.05, 4.69) is 10.4 Å². The van der Waals surface area contributed by atoms with Gasteiger partial charge in [0.15, 0.2) is 0 Å². The predicted molar refractivity (Wildman–Crippen MR) is 73.4 cm³/mol. The van der Waals surface area contributed by atoms with Crippen molar-refractivity contribution in [1.29, 1.82) is 0 Å². The molecule has 2 aromatic rings. The molecule has 0 unspecified atom stereocenters. The molecule has 5 nitrogen and oxygen atoms in total. The average molecular weight is 259 g/mol. The van der Waals surface area contributed by atoms with Gasteiger partial charge in [0.1, 0.15) is 5.75 Å². The van der Waals surface area contributed by atoms with Crippen molar-refractivity contribution in [2.45, 2.75) is 20.3 Å². The van der Waals surface area contributed by atoms with Crippen LogP contribution in [-0.4, -0.2) is 20.8 Å². The number of benzene rings is 1. The fourth-order valence-corrected chi connectivity index (χ4v) is 1.99. The third-order valence-corrected chi connectivity index (χ3v) is 2.94. The van der Waals surface area contributed by atoms with E-state index in [1.807, 2.05) is 14.0 Å². The van der Waals surface area contributed by atoms with Crippen LogP contribution >= 0.6 is 0 Å². The smallest absolute Gasteiger partial charge is 0.256 e. The van der Waals surface area contributed by atoms with Crippen molar-refractivity contribution >= 4 is 11.6 Å². The molecular weight excluding hydrogens is 242 g/mol. The first kappa shape index (κ1) is 13.1. The average Bonchev–Trinajstić information content (AvgIpc) is 2.69. The van der Waals surface area contributed by atoms with Crippen LogP contribution < -0.4 is 5.32 Å². The highest BCUT2D eigenvalue weighted by atomic mass is 16.3. The number of anilines is 1. The summed E-state index contributed by atoms with van der Waals surface area (Å²) in [5.74, 6) is -0.0372. The minimum Gasteiger partial charge on any atom is -0.508 e. The molecule has 1 aromatic carbocycles. The maximum atomic E-state index is 12.2. The van der Waals surface area contributed by atoms with Crippen LogP contribution in [0.5, 0.6) is 5.75 Å². The molecule has 0 radical (unpaired) electrons. The van der Waals surface area contributed by atoms with Gasteiger partial charge < -0.3 is 10.4 Å². The SMILES string of the molecule is CCc1nn(C)cc1NC(=O)c1ccc(O)cc1C. The number of amides is 1. The van der Waals surface area contributed by atoms with Crippen LogP contribution in [0.25, 0.3) is 0 Å². The van der Waals surface area contributed by atoms with Gasteiger partial charge in [-0.3, -0.25) is 9.48 Å². The third-order valence-electron chi connectivity index (χ3n) is 2.94. The molecule has 100 valence electrons. The van der Waals surface area contributed by atoms with Gasteiger partial charge in [-0.15, -0.1) is 0 Å². The first-order valence-corrected chi connectivity index (χ1v) is 6.14. The molecule has 2 rings (SSSR count). The lowest BCUT2D eigenvalue weighted by molar-refractivity contribution is 0.102. The Morgan fingerprint density at radius 3 is 2.84 bits per heavy atom. The van der Waals surface area contributed by atoms with Crippen molar-refractivity contribution < 1.29 is 9.90 Å². The number of phenols is 1. The molecule has 19 heavy (non-hydrogen) atoms. The van der Waals surface area contributed by atoms with Gasteiger partial charge in [0.05, 0.1) is 11.4 Å². The van der Waals surface area contributed by atoms with E-state index in [1.54, 1.807) is 29.9 Å². The number of aryl methyl sites for hydroxylation is 3. The normalized spacial score (nSPS) is 10.5. The Hall–Kier alpha value is -2.30. The Labute approximate surface area is 111 Å². The molecule has 1 aromatic heterocycles. The van der Waals surface area contributed by atoms with E-state index in [1.165, 1.54) is 6.07 Å². The molecular formula is C14H17N3O2. The number of hydrogen-bond donors (Lipinski definition) is 2. The second kappa shape index (κ2) is 5.14. The summed E-state index contributed by atoms with van der Waals surface area (Å²) in [4.78, 5) is 12.2. The van der Waals surface area contributed by atoms with Crippen LogP contribution in [0.2, 0.25) is 0 Å². The van der Waals surface area contributed by atoms with Gasteiger partial charge in [-0.1, -0.05) is 6.92 Å². The van der Waals surface area contributed by atoms with E-state index in [0.717, 1.165) is 23.4 Å². The molecule has 0 aliphatic heterocycles. The molecule has 1 amide bonds. The first-order valence-electron chi connectivity index (χ1n) is 6.14. The molecule has 1 heterocycles. The van der Waals surface area contributed by atoms with Crippen molar-refractivity contribution in [2.75, 3.05) is 5.32 Å². The van der Waals surface area contributed by atoms with E-state index in [4.69, 9.17) is 0 Å². The van der Waals surface area contributed by atoms with Gasteiger partial charge >= 0.3 is 0 Å². The minimum atomic E-state index is -0.194. The molecule has 0 aliphatic carbocycles. The maximum absolute atomic E-state index is 12.2. The van der Waals surface area contributed by atoms with Crippen LogP contribution in [0.1, 0.15) is 28.5 Å². The van der Waals surface area contributed by atoms with Gasteiger partial charge in [0, 0.05) is 18.8 Å². The molecule has 0 aliphatic rings. The second-order valence-electron chi connectivity index (χ2n) is 4.47. The van der Waals surface area contributed by atoms with Crippen molar-refractivity contribution in [3.05, 3.63) is 41.2 Å². The number of rotatable bonds is 3. The number of carbonyl (C=O) groups is 1. The Balaban J connectivity index is 2.25. The molecule has 5 heteroatoms. The van der Waals surface area contributed by atoms with Crippen molar-refractivity contribution in [2.24, 2.45) is 7.05 Å². The highest BCUT2D eigenvalue weighted by Gasteiger charge is 2.13. The summed E-state index contributed by atoms with van der Waals surface area (Å²) in [6.45, 7) is 3.78. The highest BCUT2D eigenvalue weighted by molar-refractivity contribution is 6.05. The molecule has 0 saturated carbocycles. The fraction of sp³-hybridized carbons (Fsp3) is 0.286. The molecule has 0 saturated heterocycles. The standard InChI is InChI=1S/C14H17N3O2/c1-4-12-13(8-17(3)16-12)15-14(19)11-6-5-10(18)7-9(11)2/h5-8,18H,4H2,1-3H3,(H,15,19). The lowest BCUT2D eigenvalue weighted by Gasteiger charge is -2.07. The Morgan fingerprint density at radius 2 is 2.21 bits per heavy atom. The quantitative estimate of drug-likeness (QED) is 0.888. The molecule has 0 bridgehead atoms. The zero-order valence-electron chi connectivity index (χ0n) is 11.3. The van der Waals surface area contributed by atoms with Crippen LogP contribution in [0.15, 0.2) is 24.4 Å². The molecule has 2 N–H and O–H groups in total. The van der Waals surface area contributed by atoms with Crippen LogP contribution in [-0.2, 0) is 13.5 Å². The summed E-state index contributed by atoms with van der Waals surface area (Å²) < 4.78 is 1.68. The van der Waals surface area contributed by atoms with E-state index in [-0.39, 0.29) is 11.7 Å². The van der Waals surface area contributed by atoms with Crippen LogP contribution in [0.3, 0.4) is 0 Å². The van der Waals surface area contributed by atoms with Crippen molar-refractivity contribution in [3.63, 3.8) is 0 Å². The van der Waals surface area contributed by atoms with E-state index >= 15 is 0 Å². The number of phenolic OH excluding ortho intramolecular Hbond substituents is 1. The predicted octanol–water partition coefficient (Wildman–Crippen LogP) is 2.25. The van der Waals surface area contributed by atoms with Gasteiger partial charge in [-0.2, -0.15) is 5.10 Å². The number of carbonyl (C=O) groups excluding carboxylic acids is 1. The van der Waals surface area contributed by atoms with Gasteiger partial charge in [0.2, 0.25) is 0 Å². The zero-order chi connectivity index (χ0) is 14.0. The van der Waals surface area contributed by atoms with Gasteiger partial charge in [0.25, 0.3) is 5.91 Å². The van der Waals surface area contributed by atoms with E-state index in [0.29, 0.717) is 5.56 Å². The summed E-state index contributed by atoms with van der Waals surface area (Å²) >= 11 is 0. The largest absolute Gasteiger partial charge is 0.508 e. The lowest BCUT2D eigenvalue weighted by atomic mass is 10.1. The number of aromatic hydroxyl groups is 1. The summed E-state index contributed by atoms with van der Waals surface area (Å²) in [6.07, 6.45) is 2.54. The summed E-state index contributed by atoms with van der Waals surface area (Å²) in [5.41, 5.74) is 2.86. The van der Waals surface area contributed by atoms with Gasteiger partial charge in [-0.05, 0) is 37.1 Å². The number of aromatic nitrogens is 2. The van der Waals surface area contributed by atoms with E-state index in [9.17, 15) is 9.90 Å². The zero-order valence-corrected chi connectivity index (χ0v) is 11.3. The Kier molecular flexibility index (Phi) is 3.55. The van der Waals surface area contributed by atoms with Gasteiger partial charge in [-0.25, -0.2) is 0 Å². The lowest BCUT2D eigenvalue weighted by Crippen LogP contribution is -2.13. The second-order valence-corrected chi connectivity index (χ2v) is 4.47. The fourth-order valence-electron chi connectivity index (χ4n) is 1.99. The Bertz CT molecular complexity index is 617. The monoisotopic (exact) mass is 259 g/mol.